The molecule has 0 aromatic rings. The first-order valence-electron chi connectivity index (χ1n) is 18.4. The first kappa shape index (κ1) is 42.9. The molecule has 0 aromatic heterocycles. The molecule has 45 heavy (non-hydrogen) atoms. The molecule has 3 aliphatic carbocycles. The van der Waals surface area contributed by atoms with E-state index < -0.39 is 7.32 Å². The molecule has 262 valence electrons. The summed E-state index contributed by atoms with van der Waals surface area (Å²) < 4.78 is 20.6. The number of hydrogen-bond acceptors (Lipinski definition) is 7. The van der Waals surface area contributed by atoms with Crippen molar-refractivity contribution in [2.75, 3.05) is 39.3 Å². The zero-order chi connectivity index (χ0) is 33.5. The molecule has 3 saturated heterocycles. The van der Waals surface area contributed by atoms with Crippen LogP contribution in [0.25, 0.3) is 0 Å². The maximum absolute atomic E-state index is 10.7. The minimum atomic E-state index is -3.33. The molecule has 2 saturated carbocycles. The van der Waals surface area contributed by atoms with Gasteiger partial charge in [-0.15, -0.1) is 0 Å². The predicted molar refractivity (Wildman–Crippen MR) is 190 cm³/mol. The molecule has 10 heteroatoms. The molecule has 0 spiro atoms. The van der Waals surface area contributed by atoms with E-state index in [0.717, 1.165) is 37.1 Å². The third-order valence-corrected chi connectivity index (χ3v) is 10.0. The van der Waals surface area contributed by atoms with Crippen molar-refractivity contribution in [3.05, 3.63) is 11.8 Å². The molecule has 3 aliphatic heterocycles. The molecule has 6 rings (SSSR count). The summed E-state index contributed by atoms with van der Waals surface area (Å²) in [5, 5.41) is 10.6. The number of nitrogens with one attached hydrogen (secondary N) is 1. The molecule has 5 unspecified atom stereocenters. The zero-order valence-corrected chi connectivity index (χ0v) is 32.0. The fourth-order valence-electron chi connectivity index (χ4n) is 7.05. The summed E-state index contributed by atoms with van der Waals surface area (Å²) in [5.41, 5.74) is 1.64. The van der Waals surface area contributed by atoms with Gasteiger partial charge in [0.25, 0.3) is 0 Å². The van der Waals surface area contributed by atoms with Gasteiger partial charge in [0.1, 0.15) is 5.78 Å². The Labute approximate surface area is 288 Å². The van der Waals surface area contributed by atoms with Crippen molar-refractivity contribution in [2.24, 2.45) is 17.8 Å². The number of carbonyl (C=O) groups excluding carboxylic acids is 1. The first-order chi connectivity index (χ1) is 21.6. The number of rotatable bonds is 3. The second-order valence-electron chi connectivity index (χ2n) is 13.8. The minimum absolute atomic E-state index is 0.462. The Balaban J connectivity index is 0.000000288. The van der Waals surface area contributed by atoms with Gasteiger partial charge in [0, 0.05) is 37.7 Å². The van der Waals surface area contributed by atoms with Crippen molar-refractivity contribution < 1.29 is 23.1 Å². The Hall–Kier alpha value is -0.0738. The van der Waals surface area contributed by atoms with Crippen molar-refractivity contribution in [1.82, 2.24) is 15.1 Å². The Bertz CT molecular complexity index is 880. The number of likely N-dealkylation sites (tertiary alicyclic amines) is 2. The number of ketones is 1. The normalized spacial score (nSPS) is 29.4. The van der Waals surface area contributed by atoms with Gasteiger partial charge in [-0.2, -0.15) is 0 Å². The van der Waals surface area contributed by atoms with Crippen LogP contribution >= 0.6 is 0 Å². The van der Waals surface area contributed by atoms with Gasteiger partial charge in [0.05, 0.1) is 0 Å². The van der Waals surface area contributed by atoms with Gasteiger partial charge >= 0.3 is 45.5 Å². The Kier molecular flexibility index (Phi) is 24.7. The monoisotopic (exact) mass is 667 g/mol. The van der Waals surface area contributed by atoms with Gasteiger partial charge in [-0.25, -0.2) is 0 Å². The zero-order valence-electron chi connectivity index (χ0n) is 29.8. The molecule has 3 N–H and O–H groups in total. The molecule has 3 heterocycles. The summed E-state index contributed by atoms with van der Waals surface area (Å²) in [6.45, 7) is 18.9. The molecule has 6 aliphatic rings. The van der Waals surface area contributed by atoms with Gasteiger partial charge in [-0.05, 0) is 127 Å². The van der Waals surface area contributed by atoms with Crippen LogP contribution in [-0.2, 0) is 16.4 Å². The number of nitrogens with zero attached hydrogens (tertiary/aromatic N) is 2. The van der Waals surface area contributed by atoms with E-state index in [4.69, 9.17) is 9.81 Å². The van der Waals surface area contributed by atoms with Crippen LogP contribution in [0.15, 0.2) is 11.8 Å². The molecule has 5 atom stereocenters. The molecule has 0 aromatic carbocycles. The fraction of sp³-hybridized carbons (Fsp3) is 0.914. The molecular weight excluding hydrogens is 599 g/mol. The van der Waals surface area contributed by atoms with Crippen LogP contribution in [0.5, 0.6) is 0 Å². The fourth-order valence-corrected chi connectivity index (χ4v) is 7.05. The second kappa shape index (κ2) is 25.9. The van der Waals surface area contributed by atoms with E-state index in [2.05, 4.69) is 46.3 Å². The summed E-state index contributed by atoms with van der Waals surface area (Å²) in [5.74, 6) is 3.04. The third kappa shape index (κ3) is 21.5. The van der Waals surface area contributed by atoms with E-state index in [1.165, 1.54) is 129 Å². The number of hydrogen-bond donors (Lipinski definition) is 3. The predicted octanol–water partition coefficient (Wildman–Crippen LogP) is 7.84. The summed E-state index contributed by atoms with van der Waals surface area (Å²) in [4.78, 5) is 16.0. The maximum atomic E-state index is 10.7. The summed E-state index contributed by atoms with van der Waals surface area (Å²) in [6.07, 6.45) is 25.0. The molecule has 0 amide bonds. The first-order valence-corrected chi connectivity index (χ1v) is 21.7. The number of allylic oxidation sites excluding steroid dienone is 2. The van der Waals surface area contributed by atoms with Crippen molar-refractivity contribution >= 4 is 32.9 Å². The van der Waals surface area contributed by atoms with E-state index in [-0.39, 0.29) is 0 Å². The van der Waals surface area contributed by atoms with Gasteiger partial charge in [-0.1, -0.05) is 53.5 Å². The quantitative estimate of drug-likeness (QED) is 0.159. The van der Waals surface area contributed by atoms with E-state index in [9.17, 15) is 9.00 Å². The van der Waals surface area contributed by atoms with Crippen molar-refractivity contribution in [3.8, 4) is 0 Å². The topological polar surface area (TPSA) is 102 Å². The second-order valence-corrected chi connectivity index (χ2v) is 17.3. The average Bonchev–Trinajstić information content (AvgIpc) is 3.85. The van der Waals surface area contributed by atoms with Crippen LogP contribution in [-0.4, -0.2) is 94.7 Å². The number of carbonyl (C=O) groups is 1. The van der Waals surface area contributed by atoms with Crippen LogP contribution in [0.4, 0.5) is 0 Å². The van der Waals surface area contributed by atoms with Crippen LogP contribution < -0.4 is 5.32 Å². The molecular formula is C35H69MgN3O5S. The summed E-state index contributed by atoms with van der Waals surface area (Å²) >= 11 is 0.671. The SMILES string of the molecule is C1CCNC1.CC.CC1CCC=C(N2CCCC2)C1.CC1CCCC(=O)C1.CC1CCCC(N2CCCC2)C1.O=[S](O)(=[Mg])OO. The third-order valence-electron chi connectivity index (χ3n) is 9.48. The van der Waals surface area contributed by atoms with Crippen molar-refractivity contribution in [3.63, 3.8) is 0 Å². The van der Waals surface area contributed by atoms with Gasteiger partial charge < -0.3 is 15.1 Å². The Morgan fingerprint density at radius 1 is 0.822 bits per heavy atom. The number of Topliss-reactive ketones (excluding diaryl/α,β-unsaturated/α-hetero) is 1. The van der Waals surface area contributed by atoms with Gasteiger partial charge in [0.2, 0.25) is 0 Å². The Morgan fingerprint density at radius 3 is 1.82 bits per heavy atom. The van der Waals surface area contributed by atoms with E-state index in [1.807, 2.05) is 13.8 Å². The van der Waals surface area contributed by atoms with Gasteiger partial charge in [0.15, 0.2) is 0 Å². The van der Waals surface area contributed by atoms with E-state index in [0.29, 0.717) is 31.5 Å². The standard InChI is InChI=1S/C11H21N.C11H19N.C7H12O.C4H9N.C2H6.Mg.H2O4S/c2*1-10-5-4-6-11(9-10)12-7-2-3-8-12;1-6-3-2-4-7(8)5-6;1-2-4-5-3-1;1-2;;1-4-5(2)3/h10-11H,2-9H2,1H3;6,10H,2-5,7-9H2,1H3;6H,2-5H2,1H3;5H,1-4H2;1-2H3;;1H,(H,2,3). The van der Waals surface area contributed by atoms with Crippen molar-refractivity contribution in [2.45, 2.75) is 150 Å². The van der Waals surface area contributed by atoms with Crippen LogP contribution in [0.1, 0.15) is 144 Å². The summed E-state index contributed by atoms with van der Waals surface area (Å²) in [6, 6.07) is 0.955. The molecule has 5 fully saturated rings. The average molecular weight is 668 g/mol. The van der Waals surface area contributed by atoms with Crippen molar-refractivity contribution in [1.29, 1.82) is 0 Å². The van der Waals surface area contributed by atoms with E-state index in [1.54, 1.807) is 5.70 Å². The molecule has 8 nitrogen and oxygen atoms in total. The van der Waals surface area contributed by atoms with Crippen LogP contribution in [0.2, 0.25) is 0 Å². The van der Waals surface area contributed by atoms with Crippen LogP contribution in [0, 0.1) is 17.8 Å². The van der Waals surface area contributed by atoms with Crippen LogP contribution in [0.3, 0.4) is 0 Å². The van der Waals surface area contributed by atoms with Gasteiger partial charge in [-0.3, -0.25) is 4.79 Å². The Morgan fingerprint density at radius 2 is 1.38 bits per heavy atom. The molecule has 0 bridgehead atoms. The molecule has 0 radical (unpaired) electrons. The van der Waals surface area contributed by atoms with E-state index >= 15 is 0 Å². The summed E-state index contributed by atoms with van der Waals surface area (Å²) in [7, 11) is -3.33.